The predicted octanol–water partition coefficient (Wildman–Crippen LogP) is 4.66. The van der Waals surface area contributed by atoms with Gasteiger partial charge in [-0.1, -0.05) is 45.0 Å². The standard InChI is InChI=1S/C20H23N5O/c1-20(2,3)16-10-5-6-11-17(16)23-19-24-18(13-21-25-19)22-14-8-7-9-15(12-14)26-4/h5-13H,1-4H3,(H2,22,23,24,25). The van der Waals surface area contributed by atoms with Crippen LogP contribution in [0.15, 0.2) is 54.7 Å². The lowest BCUT2D eigenvalue weighted by Crippen LogP contribution is -2.14. The molecular weight excluding hydrogens is 326 g/mol. The number of ether oxygens (including phenoxy) is 1. The molecule has 134 valence electrons. The summed E-state index contributed by atoms with van der Waals surface area (Å²) in [5, 5.41) is 14.6. The summed E-state index contributed by atoms with van der Waals surface area (Å²) < 4.78 is 5.24. The average molecular weight is 349 g/mol. The van der Waals surface area contributed by atoms with Crippen molar-refractivity contribution in [2.45, 2.75) is 26.2 Å². The first kappa shape index (κ1) is 17.7. The summed E-state index contributed by atoms with van der Waals surface area (Å²) in [6.07, 6.45) is 1.58. The molecule has 0 aliphatic rings. The van der Waals surface area contributed by atoms with E-state index in [9.17, 15) is 0 Å². The lowest BCUT2D eigenvalue weighted by Gasteiger charge is -2.22. The zero-order valence-electron chi connectivity index (χ0n) is 15.4. The third-order valence-electron chi connectivity index (χ3n) is 3.88. The van der Waals surface area contributed by atoms with Crippen molar-refractivity contribution in [3.8, 4) is 5.75 Å². The molecule has 2 N–H and O–H groups in total. The Kier molecular flexibility index (Phi) is 5.02. The summed E-state index contributed by atoms with van der Waals surface area (Å²) in [7, 11) is 1.64. The Bertz CT molecular complexity index is 889. The zero-order valence-corrected chi connectivity index (χ0v) is 15.4. The van der Waals surface area contributed by atoms with Gasteiger partial charge in [-0.2, -0.15) is 10.1 Å². The number of aromatic nitrogens is 3. The van der Waals surface area contributed by atoms with E-state index in [1.165, 1.54) is 5.56 Å². The van der Waals surface area contributed by atoms with Crippen LogP contribution >= 0.6 is 0 Å². The minimum atomic E-state index is 0.00742. The number of para-hydroxylation sites is 1. The largest absolute Gasteiger partial charge is 0.497 e. The quantitative estimate of drug-likeness (QED) is 0.698. The summed E-state index contributed by atoms with van der Waals surface area (Å²) in [5.74, 6) is 1.81. The molecule has 0 bridgehead atoms. The molecular formula is C20H23N5O. The summed E-state index contributed by atoms with van der Waals surface area (Å²) in [5.41, 5.74) is 3.04. The number of anilines is 4. The molecule has 0 saturated carbocycles. The van der Waals surface area contributed by atoms with E-state index in [1.54, 1.807) is 13.3 Å². The van der Waals surface area contributed by atoms with Crippen LogP contribution in [0.4, 0.5) is 23.1 Å². The third-order valence-corrected chi connectivity index (χ3v) is 3.88. The molecule has 0 aliphatic heterocycles. The first-order chi connectivity index (χ1) is 12.5. The molecule has 2 aromatic carbocycles. The fourth-order valence-corrected chi connectivity index (χ4v) is 2.63. The highest BCUT2D eigenvalue weighted by Crippen LogP contribution is 2.30. The number of rotatable bonds is 5. The molecule has 0 aliphatic carbocycles. The molecule has 0 unspecified atom stereocenters. The van der Waals surface area contributed by atoms with Crippen LogP contribution in [0.25, 0.3) is 0 Å². The predicted molar refractivity (Wildman–Crippen MR) is 105 cm³/mol. The van der Waals surface area contributed by atoms with Gasteiger partial charge in [0, 0.05) is 17.4 Å². The van der Waals surface area contributed by atoms with E-state index < -0.39 is 0 Å². The molecule has 0 radical (unpaired) electrons. The topological polar surface area (TPSA) is 72.0 Å². The van der Waals surface area contributed by atoms with Gasteiger partial charge in [0.05, 0.1) is 13.3 Å². The fraction of sp³-hybridized carbons (Fsp3) is 0.250. The second-order valence-electron chi connectivity index (χ2n) is 6.94. The maximum absolute atomic E-state index is 5.24. The molecule has 1 heterocycles. The van der Waals surface area contributed by atoms with Gasteiger partial charge in [-0.15, -0.1) is 5.10 Å². The minimum absolute atomic E-state index is 0.00742. The Balaban J connectivity index is 1.82. The van der Waals surface area contributed by atoms with E-state index in [4.69, 9.17) is 4.74 Å². The second-order valence-corrected chi connectivity index (χ2v) is 6.94. The van der Waals surface area contributed by atoms with E-state index >= 15 is 0 Å². The van der Waals surface area contributed by atoms with Crippen molar-refractivity contribution >= 4 is 23.1 Å². The molecule has 0 fully saturated rings. The molecule has 3 aromatic rings. The lowest BCUT2D eigenvalue weighted by atomic mass is 9.86. The molecule has 0 saturated heterocycles. The van der Waals surface area contributed by atoms with Crippen LogP contribution in [0, 0.1) is 0 Å². The minimum Gasteiger partial charge on any atom is -0.497 e. The number of nitrogens with zero attached hydrogens (tertiary/aromatic N) is 3. The second kappa shape index (κ2) is 7.39. The fourth-order valence-electron chi connectivity index (χ4n) is 2.63. The molecule has 0 atom stereocenters. The Morgan fingerprint density at radius 1 is 0.962 bits per heavy atom. The van der Waals surface area contributed by atoms with Gasteiger partial charge < -0.3 is 15.4 Å². The molecule has 1 aromatic heterocycles. The van der Waals surface area contributed by atoms with Crippen molar-refractivity contribution in [1.29, 1.82) is 0 Å². The van der Waals surface area contributed by atoms with E-state index in [0.717, 1.165) is 17.1 Å². The first-order valence-electron chi connectivity index (χ1n) is 8.43. The van der Waals surface area contributed by atoms with Crippen LogP contribution < -0.4 is 15.4 Å². The number of benzene rings is 2. The van der Waals surface area contributed by atoms with E-state index in [0.29, 0.717) is 11.8 Å². The summed E-state index contributed by atoms with van der Waals surface area (Å²) in [6.45, 7) is 6.52. The van der Waals surface area contributed by atoms with Crippen LogP contribution in [0.3, 0.4) is 0 Å². The average Bonchev–Trinajstić information content (AvgIpc) is 2.62. The lowest BCUT2D eigenvalue weighted by molar-refractivity contribution is 0.415. The van der Waals surface area contributed by atoms with Gasteiger partial charge in [0.2, 0.25) is 5.95 Å². The van der Waals surface area contributed by atoms with Crippen molar-refractivity contribution in [3.63, 3.8) is 0 Å². The molecule has 3 rings (SSSR count). The van der Waals surface area contributed by atoms with Crippen molar-refractivity contribution in [3.05, 3.63) is 60.3 Å². The Hall–Kier alpha value is -3.15. The summed E-state index contributed by atoms with van der Waals surface area (Å²) >= 11 is 0. The summed E-state index contributed by atoms with van der Waals surface area (Å²) in [6, 6.07) is 15.8. The first-order valence-corrected chi connectivity index (χ1v) is 8.43. The monoisotopic (exact) mass is 349 g/mol. The molecule has 26 heavy (non-hydrogen) atoms. The number of hydrogen-bond acceptors (Lipinski definition) is 6. The highest BCUT2D eigenvalue weighted by atomic mass is 16.5. The number of nitrogens with one attached hydrogen (secondary N) is 2. The van der Waals surface area contributed by atoms with E-state index in [2.05, 4.69) is 52.7 Å². The van der Waals surface area contributed by atoms with E-state index in [1.807, 2.05) is 42.5 Å². The molecule has 6 heteroatoms. The van der Waals surface area contributed by atoms with Gasteiger partial charge in [-0.05, 0) is 29.2 Å². The van der Waals surface area contributed by atoms with Crippen LogP contribution in [-0.4, -0.2) is 22.3 Å². The van der Waals surface area contributed by atoms with Crippen molar-refractivity contribution in [1.82, 2.24) is 15.2 Å². The van der Waals surface area contributed by atoms with Crippen LogP contribution in [0.1, 0.15) is 26.3 Å². The maximum Gasteiger partial charge on any atom is 0.249 e. The Morgan fingerprint density at radius 3 is 2.54 bits per heavy atom. The Morgan fingerprint density at radius 2 is 1.77 bits per heavy atom. The number of hydrogen-bond donors (Lipinski definition) is 2. The third kappa shape index (κ3) is 4.27. The van der Waals surface area contributed by atoms with Gasteiger partial charge >= 0.3 is 0 Å². The Labute approximate surface area is 153 Å². The van der Waals surface area contributed by atoms with Crippen molar-refractivity contribution in [2.75, 3.05) is 17.7 Å². The van der Waals surface area contributed by atoms with Crippen LogP contribution in [0.5, 0.6) is 5.75 Å². The van der Waals surface area contributed by atoms with Crippen LogP contribution in [-0.2, 0) is 5.41 Å². The van der Waals surface area contributed by atoms with E-state index in [-0.39, 0.29) is 5.41 Å². The summed E-state index contributed by atoms with van der Waals surface area (Å²) in [4.78, 5) is 4.51. The molecule has 0 amide bonds. The smallest absolute Gasteiger partial charge is 0.249 e. The number of methoxy groups -OCH3 is 1. The SMILES string of the molecule is COc1cccc(Nc2cnnc(Nc3ccccc3C(C)(C)C)n2)c1. The molecule has 0 spiro atoms. The van der Waals surface area contributed by atoms with Crippen molar-refractivity contribution in [2.24, 2.45) is 0 Å². The van der Waals surface area contributed by atoms with Crippen molar-refractivity contribution < 1.29 is 4.74 Å². The highest BCUT2D eigenvalue weighted by Gasteiger charge is 2.18. The van der Waals surface area contributed by atoms with Gasteiger partial charge in [0.1, 0.15) is 5.75 Å². The van der Waals surface area contributed by atoms with Gasteiger partial charge in [0.15, 0.2) is 5.82 Å². The van der Waals surface area contributed by atoms with Gasteiger partial charge in [0.25, 0.3) is 0 Å². The van der Waals surface area contributed by atoms with Crippen LogP contribution in [0.2, 0.25) is 0 Å². The maximum atomic E-state index is 5.24. The normalized spacial score (nSPS) is 11.1. The zero-order chi connectivity index (χ0) is 18.6. The van der Waals surface area contributed by atoms with Gasteiger partial charge in [-0.25, -0.2) is 0 Å². The highest BCUT2D eigenvalue weighted by molar-refractivity contribution is 5.62. The molecule has 6 nitrogen and oxygen atoms in total. The van der Waals surface area contributed by atoms with Gasteiger partial charge in [-0.3, -0.25) is 0 Å².